The van der Waals surface area contributed by atoms with E-state index in [9.17, 15) is 4.79 Å². The van der Waals surface area contributed by atoms with Gasteiger partial charge >= 0.3 is 0 Å². The van der Waals surface area contributed by atoms with Crippen LogP contribution in [0.1, 0.15) is 20.3 Å². The third kappa shape index (κ3) is 3.26. The predicted octanol–water partition coefficient (Wildman–Crippen LogP) is 4.13. The molecule has 2 aromatic rings. The second kappa shape index (κ2) is 6.75. The van der Waals surface area contributed by atoms with Crippen molar-refractivity contribution < 1.29 is 0 Å². The maximum absolute atomic E-state index is 12.6. The van der Waals surface area contributed by atoms with Crippen molar-refractivity contribution in [1.29, 1.82) is 0 Å². The largest absolute Gasteiger partial charge is 0.287 e. The molecule has 0 spiro atoms. The lowest BCUT2D eigenvalue weighted by Gasteiger charge is -2.11. The Morgan fingerprint density at radius 2 is 2.05 bits per heavy atom. The van der Waals surface area contributed by atoms with E-state index in [2.05, 4.69) is 58.2 Å². The van der Waals surface area contributed by atoms with Crippen LogP contribution in [0.25, 0.3) is 10.9 Å². The van der Waals surface area contributed by atoms with Gasteiger partial charge in [-0.2, -0.15) is 0 Å². The van der Waals surface area contributed by atoms with Gasteiger partial charge in [0.15, 0.2) is 5.16 Å². The van der Waals surface area contributed by atoms with E-state index in [1.165, 1.54) is 0 Å². The molecule has 6 heteroatoms. The summed E-state index contributed by atoms with van der Waals surface area (Å²) in [6, 6.07) is 3.98. The van der Waals surface area contributed by atoms with E-state index in [-0.39, 0.29) is 5.56 Å². The number of benzene rings is 1. The van der Waals surface area contributed by atoms with Gasteiger partial charge in [0, 0.05) is 19.4 Å². The molecule has 102 valence electrons. The number of fused-ring (bicyclic) bond motifs is 1. The van der Waals surface area contributed by atoms with Crippen LogP contribution in [-0.4, -0.2) is 15.3 Å². The van der Waals surface area contributed by atoms with Crippen molar-refractivity contribution in [2.45, 2.75) is 32.0 Å². The van der Waals surface area contributed by atoms with Crippen LogP contribution in [0.4, 0.5) is 0 Å². The fourth-order valence-corrected chi connectivity index (χ4v) is 4.69. The number of hydrogen-bond acceptors (Lipinski definition) is 3. The first-order valence-corrected chi connectivity index (χ1v) is 9.25. The summed E-state index contributed by atoms with van der Waals surface area (Å²) in [6.07, 6.45) is 1.08. The van der Waals surface area contributed by atoms with E-state index >= 15 is 0 Å². The summed E-state index contributed by atoms with van der Waals surface area (Å²) >= 11 is 6.15. The highest BCUT2D eigenvalue weighted by molar-refractivity contribution is 14.1. The van der Waals surface area contributed by atoms with Gasteiger partial charge in [0.05, 0.1) is 10.9 Å². The zero-order valence-corrected chi connectivity index (χ0v) is 15.9. The van der Waals surface area contributed by atoms with E-state index in [1.54, 1.807) is 16.3 Å². The molecule has 0 saturated carbocycles. The van der Waals surface area contributed by atoms with Crippen LogP contribution >= 0.6 is 56.9 Å². The Morgan fingerprint density at radius 3 is 2.68 bits per heavy atom. The molecule has 2 rings (SSSR count). The first kappa shape index (κ1) is 15.6. The Kier molecular flexibility index (Phi) is 5.53. The normalized spacial score (nSPS) is 11.2. The maximum atomic E-state index is 12.6. The van der Waals surface area contributed by atoms with Crippen molar-refractivity contribution in [2.24, 2.45) is 0 Å². The van der Waals surface area contributed by atoms with Gasteiger partial charge in [-0.15, -0.1) is 0 Å². The van der Waals surface area contributed by atoms with Crippen molar-refractivity contribution in [3.63, 3.8) is 0 Å². The summed E-state index contributed by atoms with van der Waals surface area (Å²) in [5, 5.41) is 1.56. The van der Waals surface area contributed by atoms with Crippen molar-refractivity contribution in [3.8, 4) is 0 Å². The van der Waals surface area contributed by atoms with Gasteiger partial charge in [0.1, 0.15) is 0 Å². The van der Waals surface area contributed by atoms with Crippen LogP contribution < -0.4 is 5.56 Å². The molecule has 0 aliphatic heterocycles. The molecule has 0 bridgehead atoms. The second-order valence-electron chi connectivity index (χ2n) is 4.08. The lowest BCUT2D eigenvalue weighted by atomic mass is 10.2. The Hall–Kier alpha value is 0.170. The van der Waals surface area contributed by atoms with Crippen LogP contribution in [0, 0.1) is 7.14 Å². The van der Waals surface area contributed by atoms with Crippen LogP contribution in [0.3, 0.4) is 0 Å². The minimum absolute atomic E-state index is 0.0718. The number of halogens is 2. The zero-order valence-electron chi connectivity index (χ0n) is 10.7. The van der Waals surface area contributed by atoms with E-state index < -0.39 is 0 Å². The molecule has 19 heavy (non-hydrogen) atoms. The highest BCUT2D eigenvalue weighted by Gasteiger charge is 2.13. The quantitative estimate of drug-likeness (QED) is 0.360. The minimum Gasteiger partial charge on any atom is -0.287 e. The van der Waals surface area contributed by atoms with Crippen molar-refractivity contribution in [1.82, 2.24) is 9.55 Å². The van der Waals surface area contributed by atoms with Gasteiger partial charge in [-0.25, -0.2) is 4.98 Å². The number of nitrogens with zero attached hydrogens (tertiary/aromatic N) is 2. The Labute approximate surface area is 143 Å². The van der Waals surface area contributed by atoms with Gasteiger partial charge in [0.25, 0.3) is 5.56 Å². The smallest absolute Gasteiger partial charge is 0.262 e. The monoisotopic (exact) mass is 500 g/mol. The third-order valence-corrected chi connectivity index (χ3v) is 5.32. The van der Waals surface area contributed by atoms with Crippen LogP contribution in [0.2, 0.25) is 0 Å². The zero-order chi connectivity index (χ0) is 14.0. The number of aromatic nitrogens is 2. The van der Waals surface area contributed by atoms with Gasteiger partial charge in [-0.1, -0.05) is 18.7 Å². The number of hydrogen-bond donors (Lipinski definition) is 0. The Bertz CT molecular complexity index is 670. The van der Waals surface area contributed by atoms with Gasteiger partial charge in [0.2, 0.25) is 0 Å². The molecule has 0 radical (unpaired) electrons. The van der Waals surface area contributed by atoms with Gasteiger partial charge in [-0.3, -0.25) is 9.36 Å². The molecule has 0 saturated heterocycles. The molecule has 0 aliphatic carbocycles. The molecule has 0 amide bonds. The van der Waals surface area contributed by atoms with Gasteiger partial charge < -0.3 is 0 Å². The summed E-state index contributed by atoms with van der Waals surface area (Å²) in [5.41, 5.74) is 0.900. The van der Waals surface area contributed by atoms with E-state index in [4.69, 9.17) is 4.98 Å². The number of thioether (sulfide) groups is 1. The summed E-state index contributed by atoms with van der Waals surface area (Å²) in [4.78, 5) is 17.3. The van der Waals surface area contributed by atoms with Crippen LogP contribution in [-0.2, 0) is 6.54 Å². The summed E-state index contributed by atoms with van der Waals surface area (Å²) in [5.74, 6) is 0.985. The Morgan fingerprint density at radius 1 is 1.32 bits per heavy atom. The van der Waals surface area contributed by atoms with Crippen LogP contribution in [0.15, 0.2) is 22.1 Å². The minimum atomic E-state index is 0.0718. The first-order valence-electron chi connectivity index (χ1n) is 6.10. The highest BCUT2D eigenvalue weighted by atomic mass is 127. The molecule has 0 unspecified atom stereocenters. The van der Waals surface area contributed by atoms with E-state index in [0.29, 0.717) is 6.54 Å². The van der Waals surface area contributed by atoms with Crippen molar-refractivity contribution in [2.75, 3.05) is 5.75 Å². The predicted molar refractivity (Wildman–Crippen MR) is 98.1 cm³/mol. The second-order valence-corrected chi connectivity index (χ2v) is 7.55. The fourth-order valence-electron chi connectivity index (χ4n) is 1.81. The standard InChI is InChI=1S/C13H14I2N2OS/c1-3-5-19-13-16-11-9(12(18)17(13)4-2)6-8(14)7-10(11)15/h6-7H,3-5H2,1-2H3. The summed E-state index contributed by atoms with van der Waals surface area (Å²) < 4.78 is 3.89. The molecule has 0 aliphatic rings. The molecule has 0 fully saturated rings. The summed E-state index contributed by atoms with van der Waals surface area (Å²) in [6.45, 7) is 4.79. The average Bonchev–Trinajstić information content (AvgIpc) is 2.37. The van der Waals surface area contributed by atoms with E-state index in [1.807, 2.05) is 13.0 Å². The van der Waals surface area contributed by atoms with Gasteiger partial charge in [-0.05, 0) is 70.7 Å². The molecule has 1 aromatic carbocycles. The third-order valence-electron chi connectivity index (χ3n) is 2.69. The number of rotatable bonds is 4. The molecule has 1 aromatic heterocycles. The lowest BCUT2D eigenvalue weighted by Crippen LogP contribution is -2.23. The molecule has 0 N–H and O–H groups in total. The van der Waals surface area contributed by atoms with Crippen molar-refractivity contribution >= 4 is 67.8 Å². The maximum Gasteiger partial charge on any atom is 0.262 e. The highest BCUT2D eigenvalue weighted by Crippen LogP contribution is 2.23. The molecule has 1 heterocycles. The molecule has 3 nitrogen and oxygen atoms in total. The molecular weight excluding hydrogens is 486 g/mol. The fraction of sp³-hybridized carbons (Fsp3) is 0.385. The van der Waals surface area contributed by atoms with Crippen LogP contribution in [0.5, 0.6) is 0 Å². The Balaban J connectivity index is 2.74. The average molecular weight is 500 g/mol. The lowest BCUT2D eigenvalue weighted by molar-refractivity contribution is 0.634. The topological polar surface area (TPSA) is 34.9 Å². The SMILES string of the molecule is CCCSc1nc2c(I)cc(I)cc2c(=O)n1CC. The molecule has 0 atom stereocenters. The molecular formula is C13H14I2N2OS. The first-order chi connectivity index (χ1) is 9.08. The van der Waals surface area contributed by atoms with E-state index in [0.717, 1.165) is 35.4 Å². The summed E-state index contributed by atoms with van der Waals surface area (Å²) in [7, 11) is 0. The van der Waals surface area contributed by atoms with Crippen molar-refractivity contribution in [3.05, 3.63) is 29.6 Å².